The minimum atomic E-state index is -0.0823. The number of piperidine rings is 1. The van der Waals surface area contributed by atoms with Crippen LogP contribution in [0, 0.1) is 5.92 Å². The molecule has 144 valence electrons. The lowest BCUT2D eigenvalue weighted by molar-refractivity contribution is 0.0906. The van der Waals surface area contributed by atoms with E-state index in [0.29, 0.717) is 17.7 Å². The molecule has 1 aromatic rings. The zero-order valence-electron chi connectivity index (χ0n) is 15.8. The van der Waals surface area contributed by atoms with Crippen LogP contribution in [0.4, 0.5) is 0 Å². The van der Waals surface area contributed by atoms with Crippen LogP contribution in [0.15, 0.2) is 10.6 Å². The molecule has 1 N–H and O–H groups in total. The summed E-state index contributed by atoms with van der Waals surface area (Å²) in [5.74, 6) is 3.46. The molecule has 5 nitrogen and oxygen atoms in total. The molecule has 26 heavy (non-hydrogen) atoms. The van der Waals surface area contributed by atoms with Gasteiger partial charge in [0.2, 0.25) is 0 Å². The largest absolute Gasteiger partial charge is 0.360 e. The van der Waals surface area contributed by atoms with Gasteiger partial charge < -0.3 is 9.84 Å². The van der Waals surface area contributed by atoms with Gasteiger partial charge in [0.25, 0.3) is 5.91 Å². The number of hydrogen-bond donors (Lipinski definition) is 1. The lowest BCUT2D eigenvalue weighted by Crippen LogP contribution is -2.46. The molecule has 2 unspecified atom stereocenters. The molecular weight excluding hydrogens is 346 g/mol. The van der Waals surface area contributed by atoms with Gasteiger partial charge in [0.15, 0.2) is 5.69 Å². The molecular formula is C20H31N3O2S. The van der Waals surface area contributed by atoms with E-state index in [-0.39, 0.29) is 11.9 Å². The lowest BCUT2D eigenvalue weighted by atomic mass is 9.91. The summed E-state index contributed by atoms with van der Waals surface area (Å²) in [5.41, 5.74) is 0.439. The highest BCUT2D eigenvalue weighted by molar-refractivity contribution is 7.97. The van der Waals surface area contributed by atoms with Crippen molar-refractivity contribution in [3.63, 3.8) is 0 Å². The van der Waals surface area contributed by atoms with Gasteiger partial charge >= 0.3 is 0 Å². The molecule has 2 atom stereocenters. The Balaban J connectivity index is 1.21. The molecule has 0 radical (unpaired) electrons. The first-order chi connectivity index (χ1) is 12.7. The molecule has 1 saturated heterocycles. The van der Waals surface area contributed by atoms with Crippen LogP contribution in [0.25, 0.3) is 0 Å². The Morgan fingerprint density at radius 1 is 1.27 bits per heavy atom. The molecule has 2 heterocycles. The van der Waals surface area contributed by atoms with E-state index in [0.717, 1.165) is 43.9 Å². The molecule has 2 aliphatic carbocycles. The second-order valence-corrected chi connectivity index (χ2v) is 9.43. The Morgan fingerprint density at radius 3 is 2.81 bits per heavy atom. The smallest absolute Gasteiger partial charge is 0.273 e. The highest BCUT2D eigenvalue weighted by Gasteiger charge is 2.31. The molecule has 3 aliphatic rings. The maximum absolute atomic E-state index is 12.4. The molecule has 4 rings (SSSR count). The van der Waals surface area contributed by atoms with Crippen molar-refractivity contribution in [2.45, 2.75) is 82.7 Å². The predicted octanol–water partition coefficient (Wildman–Crippen LogP) is 4.36. The van der Waals surface area contributed by atoms with Gasteiger partial charge in [-0.25, -0.2) is 4.31 Å². The van der Waals surface area contributed by atoms with E-state index >= 15 is 0 Å². The number of carbonyl (C=O) groups excluding carboxylic acids is 1. The number of nitrogens with zero attached hydrogens (tertiary/aromatic N) is 2. The molecule has 1 aliphatic heterocycles. The van der Waals surface area contributed by atoms with Gasteiger partial charge in [-0.2, -0.15) is 0 Å². The standard InChI is InChI=1S/C20H31N3O2S/c1-14-11-17(9-10-23(14)26-13-15-5-3-2-4-6-15)21-20(24)18-12-19(25-22-18)16-7-8-16/h12,14-17H,2-11,13H2,1H3,(H,21,24). The lowest BCUT2D eigenvalue weighted by Gasteiger charge is -2.37. The summed E-state index contributed by atoms with van der Waals surface area (Å²) in [6.07, 6.45) is 11.4. The average molecular weight is 378 g/mol. The zero-order chi connectivity index (χ0) is 17.9. The van der Waals surface area contributed by atoms with Crippen molar-refractivity contribution in [2.75, 3.05) is 12.3 Å². The van der Waals surface area contributed by atoms with Crippen molar-refractivity contribution in [3.8, 4) is 0 Å². The molecule has 0 bridgehead atoms. The van der Waals surface area contributed by atoms with E-state index in [4.69, 9.17) is 4.52 Å². The van der Waals surface area contributed by atoms with E-state index < -0.39 is 0 Å². The van der Waals surface area contributed by atoms with Gasteiger partial charge in [-0.15, -0.1) is 0 Å². The number of carbonyl (C=O) groups is 1. The molecule has 2 saturated carbocycles. The van der Waals surface area contributed by atoms with Crippen LogP contribution in [0.1, 0.15) is 86.9 Å². The van der Waals surface area contributed by atoms with Gasteiger partial charge in [-0.05, 0) is 51.4 Å². The third kappa shape index (κ3) is 4.63. The maximum atomic E-state index is 12.4. The van der Waals surface area contributed by atoms with Crippen LogP contribution in [-0.4, -0.2) is 39.8 Å². The van der Waals surface area contributed by atoms with E-state index in [1.165, 1.54) is 37.9 Å². The Morgan fingerprint density at radius 2 is 2.08 bits per heavy atom. The summed E-state index contributed by atoms with van der Waals surface area (Å²) in [6.45, 7) is 3.34. The van der Waals surface area contributed by atoms with E-state index in [1.807, 2.05) is 18.0 Å². The molecule has 1 amide bonds. The van der Waals surface area contributed by atoms with Crippen LogP contribution in [0.2, 0.25) is 0 Å². The van der Waals surface area contributed by atoms with Crippen LogP contribution >= 0.6 is 11.9 Å². The maximum Gasteiger partial charge on any atom is 0.273 e. The fourth-order valence-electron chi connectivity index (χ4n) is 4.24. The highest BCUT2D eigenvalue weighted by atomic mass is 32.2. The Bertz CT molecular complexity index is 610. The number of hydrogen-bond acceptors (Lipinski definition) is 5. The Kier molecular flexibility index (Phi) is 5.89. The number of amides is 1. The molecule has 3 fully saturated rings. The normalized spacial score (nSPS) is 28.2. The summed E-state index contributed by atoms with van der Waals surface area (Å²) in [5, 5.41) is 7.12. The van der Waals surface area contributed by atoms with Crippen molar-refractivity contribution >= 4 is 17.9 Å². The van der Waals surface area contributed by atoms with Crippen molar-refractivity contribution in [1.29, 1.82) is 0 Å². The average Bonchev–Trinajstić information content (AvgIpc) is 3.38. The highest BCUT2D eigenvalue weighted by Crippen LogP contribution is 2.40. The predicted molar refractivity (Wildman–Crippen MR) is 104 cm³/mol. The number of nitrogens with one attached hydrogen (secondary N) is 1. The van der Waals surface area contributed by atoms with Gasteiger partial charge in [0.05, 0.1) is 0 Å². The Hall–Kier alpha value is -1.01. The van der Waals surface area contributed by atoms with Crippen LogP contribution < -0.4 is 5.32 Å². The number of rotatable bonds is 6. The topological polar surface area (TPSA) is 58.4 Å². The van der Waals surface area contributed by atoms with Crippen molar-refractivity contribution in [1.82, 2.24) is 14.8 Å². The van der Waals surface area contributed by atoms with Gasteiger partial charge in [0.1, 0.15) is 5.76 Å². The molecule has 0 spiro atoms. The van der Waals surface area contributed by atoms with Crippen LogP contribution in [-0.2, 0) is 0 Å². The third-order valence-electron chi connectivity index (χ3n) is 6.09. The fraction of sp³-hybridized carbons (Fsp3) is 0.800. The minimum Gasteiger partial charge on any atom is -0.360 e. The molecule has 1 aromatic heterocycles. The van der Waals surface area contributed by atoms with Crippen LogP contribution in [0.5, 0.6) is 0 Å². The SMILES string of the molecule is CC1CC(NC(=O)c2cc(C3CC3)on2)CCN1SCC1CCCCC1. The van der Waals surface area contributed by atoms with E-state index in [2.05, 4.69) is 21.7 Å². The second kappa shape index (κ2) is 8.34. The first-order valence-corrected chi connectivity index (χ1v) is 11.3. The summed E-state index contributed by atoms with van der Waals surface area (Å²) in [7, 11) is 0. The summed E-state index contributed by atoms with van der Waals surface area (Å²) in [4.78, 5) is 12.4. The van der Waals surface area contributed by atoms with Crippen molar-refractivity contribution in [2.24, 2.45) is 5.92 Å². The Labute approximate surface area is 160 Å². The third-order valence-corrected chi connectivity index (χ3v) is 7.59. The first-order valence-electron chi connectivity index (χ1n) is 10.4. The van der Waals surface area contributed by atoms with Crippen molar-refractivity contribution < 1.29 is 9.32 Å². The van der Waals surface area contributed by atoms with E-state index in [9.17, 15) is 4.79 Å². The number of aromatic nitrogens is 1. The molecule has 0 aromatic carbocycles. The van der Waals surface area contributed by atoms with Crippen molar-refractivity contribution in [3.05, 3.63) is 17.5 Å². The fourth-order valence-corrected chi connectivity index (χ4v) is 5.56. The second-order valence-electron chi connectivity index (χ2n) is 8.37. The van der Waals surface area contributed by atoms with Gasteiger partial charge in [-0.1, -0.05) is 36.4 Å². The quantitative estimate of drug-likeness (QED) is 0.746. The van der Waals surface area contributed by atoms with Gasteiger partial charge in [-0.3, -0.25) is 4.79 Å². The monoisotopic (exact) mass is 377 g/mol. The van der Waals surface area contributed by atoms with Gasteiger partial charge in [0, 0.05) is 36.4 Å². The van der Waals surface area contributed by atoms with E-state index in [1.54, 1.807) is 0 Å². The summed E-state index contributed by atoms with van der Waals surface area (Å²) >= 11 is 2.04. The summed E-state index contributed by atoms with van der Waals surface area (Å²) < 4.78 is 7.84. The van der Waals surface area contributed by atoms with Crippen LogP contribution in [0.3, 0.4) is 0 Å². The first kappa shape index (κ1) is 18.4. The summed E-state index contributed by atoms with van der Waals surface area (Å²) in [6, 6.07) is 2.57. The minimum absolute atomic E-state index is 0.0823. The zero-order valence-corrected chi connectivity index (χ0v) is 16.6. The molecule has 6 heteroatoms.